The van der Waals surface area contributed by atoms with Gasteiger partial charge < -0.3 is 11.1 Å². The first-order valence-corrected chi connectivity index (χ1v) is 7.65. The van der Waals surface area contributed by atoms with Gasteiger partial charge in [-0.25, -0.2) is 4.39 Å². The van der Waals surface area contributed by atoms with E-state index in [1.165, 1.54) is 12.1 Å². The Morgan fingerprint density at radius 1 is 1.13 bits per heavy atom. The summed E-state index contributed by atoms with van der Waals surface area (Å²) in [5.74, 6) is -0.487. The predicted octanol–water partition coefficient (Wildman–Crippen LogP) is 3.23. The van der Waals surface area contributed by atoms with E-state index in [4.69, 9.17) is 5.73 Å². The second-order valence-corrected chi connectivity index (χ2v) is 6.50. The minimum absolute atomic E-state index is 0.218. The average molecular weight is 314 g/mol. The van der Waals surface area contributed by atoms with E-state index < -0.39 is 6.04 Å². The SMILES string of the molecule is Cc1ccc(C(N)C(=O)NCC(C)(C)c2ccc(F)cc2)cc1. The number of nitrogens with one attached hydrogen (secondary N) is 1. The van der Waals surface area contributed by atoms with Gasteiger partial charge in [-0.2, -0.15) is 0 Å². The molecular weight excluding hydrogens is 291 g/mol. The fraction of sp³-hybridized carbons (Fsp3) is 0.316. The number of aryl methyl sites for hydroxylation is 1. The molecule has 0 bridgehead atoms. The number of carbonyl (C=O) groups excluding carboxylic acids is 1. The average Bonchev–Trinajstić information content (AvgIpc) is 2.53. The highest BCUT2D eigenvalue weighted by Crippen LogP contribution is 2.22. The molecule has 1 amide bonds. The number of benzene rings is 2. The van der Waals surface area contributed by atoms with Crippen molar-refractivity contribution in [3.63, 3.8) is 0 Å². The van der Waals surface area contributed by atoms with E-state index in [9.17, 15) is 9.18 Å². The highest BCUT2D eigenvalue weighted by atomic mass is 19.1. The van der Waals surface area contributed by atoms with Crippen LogP contribution in [0.5, 0.6) is 0 Å². The molecule has 2 rings (SSSR count). The molecule has 0 heterocycles. The molecule has 0 aliphatic heterocycles. The van der Waals surface area contributed by atoms with Crippen LogP contribution in [0.4, 0.5) is 4.39 Å². The summed E-state index contributed by atoms with van der Waals surface area (Å²) < 4.78 is 13.0. The maximum Gasteiger partial charge on any atom is 0.241 e. The fourth-order valence-corrected chi connectivity index (χ4v) is 2.35. The monoisotopic (exact) mass is 314 g/mol. The van der Waals surface area contributed by atoms with Gasteiger partial charge in [0.05, 0.1) is 0 Å². The normalized spacial score (nSPS) is 12.7. The van der Waals surface area contributed by atoms with Gasteiger partial charge >= 0.3 is 0 Å². The Labute approximate surface area is 136 Å². The van der Waals surface area contributed by atoms with Crippen LogP contribution < -0.4 is 11.1 Å². The molecule has 0 radical (unpaired) electrons. The number of halogens is 1. The van der Waals surface area contributed by atoms with Gasteiger partial charge in [0.15, 0.2) is 0 Å². The minimum Gasteiger partial charge on any atom is -0.354 e. The Morgan fingerprint density at radius 3 is 2.26 bits per heavy atom. The van der Waals surface area contributed by atoms with Crippen molar-refractivity contribution >= 4 is 5.91 Å². The van der Waals surface area contributed by atoms with Crippen molar-refractivity contribution in [1.29, 1.82) is 0 Å². The van der Waals surface area contributed by atoms with E-state index in [0.717, 1.165) is 16.7 Å². The Balaban J connectivity index is 2.00. The van der Waals surface area contributed by atoms with Crippen molar-refractivity contribution in [3.8, 4) is 0 Å². The van der Waals surface area contributed by atoms with E-state index in [1.54, 1.807) is 12.1 Å². The third kappa shape index (κ3) is 4.39. The number of amides is 1. The number of nitrogens with two attached hydrogens (primary N) is 1. The molecule has 0 saturated carbocycles. The van der Waals surface area contributed by atoms with Gasteiger partial charge in [-0.15, -0.1) is 0 Å². The van der Waals surface area contributed by atoms with Crippen molar-refractivity contribution in [1.82, 2.24) is 5.32 Å². The Kier molecular flexibility index (Phi) is 5.16. The number of rotatable bonds is 5. The van der Waals surface area contributed by atoms with Gasteiger partial charge in [0.2, 0.25) is 5.91 Å². The zero-order valence-electron chi connectivity index (χ0n) is 13.8. The van der Waals surface area contributed by atoms with E-state index >= 15 is 0 Å². The second-order valence-electron chi connectivity index (χ2n) is 6.50. The summed E-state index contributed by atoms with van der Waals surface area (Å²) in [6, 6.07) is 13.2. The molecule has 3 N–H and O–H groups in total. The number of hydrogen-bond donors (Lipinski definition) is 2. The van der Waals surface area contributed by atoms with Crippen molar-refractivity contribution in [2.45, 2.75) is 32.2 Å². The standard InChI is InChI=1S/C19H23FN2O/c1-13-4-6-14(7-5-13)17(21)18(23)22-12-19(2,3)15-8-10-16(20)11-9-15/h4-11,17H,12,21H2,1-3H3,(H,22,23). The largest absolute Gasteiger partial charge is 0.354 e. The minimum atomic E-state index is -0.695. The first-order valence-electron chi connectivity index (χ1n) is 7.65. The zero-order chi connectivity index (χ0) is 17.0. The molecule has 0 aliphatic rings. The van der Waals surface area contributed by atoms with Gasteiger partial charge in [0.1, 0.15) is 11.9 Å². The maximum absolute atomic E-state index is 13.0. The smallest absolute Gasteiger partial charge is 0.241 e. The molecule has 0 spiro atoms. The van der Waals surface area contributed by atoms with E-state index in [1.807, 2.05) is 45.0 Å². The Hall–Kier alpha value is -2.20. The first-order chi connectivity index (χ1) is 10.8. The lowest BCUT2D eigenvalue weighted by Gasteiger charge is -2.26. The molecule has 1 unspecified atom stereocenters. The van der Waals surface area contributed by atoms with Crippen LogP contribution in [-0.4, -0.2) is 12.5 Å². The van der Waals surface area contributed by atoms with Crippen LogP contribution in [0.25, 0.3) is 0 Å². The second kappa shape index (κ2) is 6.92. The molecule has 0 aromatic heterocycles. The lowest BCUT2D eigenvalue weighted by molar-refractivity contribution is -0.122. The molecular formula is C19H23FN2O. The third-order valence-electron chi connectivity index (χ3n) is 4.05. The molecule has 2 aromatic carbocycles. The molecule has 0 aliphatic carbocycles. The van der Waals surface area contributed by atoms with E-state index in [2.05, 4.69) is 5.32 Å². The van der Waals surface area contributed by atoms with Gasteiger partial charge in [0.25, 0.3) is 0 Å². The highest BCUT2D eigenvalue weighted by Gasteiger charge is 2.23. The molecule has 3 nitrogen and oxygen atoms in total. The van der Waals surface area contributed by atoms with Crippen LogP contribution in [0.3, 0.4) is 0 Å². The van der Waals surface area contributed by atoms with Crippen LogP contribution in [0, 0.1) is 12.7 Å². The Bertz CT molecular complexity index is 663. The summed E-state index contributed by atoms with van der Waals surface area (Å²) in [6.07, 6.45) is 0. The van der Waals surface area contributed by atoms with Crippen molar-refractivity contribution in [2.75, 3.05) is 6.54 Å². The molecule has 1 atom stereocenters. The highest BCUT2D eigenvalue weighted by molar-refractivity contribution is 5.83. The lowest BCUT2D eigenvalue weighted by atomic mass is 9.84. The van der Waals surface area contributed by atoms with Crippen molar-refractivity contribution < 1.29 is 9.18 Å². The lowest BCUT2D eigenvalue weighted by Crippen LogP contribution is -2.41. The first kappa shape index (κ1) is 17.2. The van der Waals surface area contributed by atoms with Crippen LogP contribution in [0.2, 0.25) is 0 Å². The summed E-state index contributed by atoms with van der Waals surface area (Å²) >= 11 is 0. The summed E-state index contributed by atoms with van der Waals surface area (Å²) in [7, 11) is 0. The molecule has 0 fully saturated rings. The van der Waals surface area contributed by atoms with Gasteiger partial charge in [-0.05, 0) is 30.2 Å². The maximum atomic E-state index is 13.0. The van der Waals surface area contributed by atoms with Crippen LogP contribution in [0.1, 0.15) is 36.6 Å². The van der Waals surface area contributed by atoms with Crippen molar-refractivity contribution in [3.05, 3.63) is 71.0 Å². The summed E-state index contributed by atoms with van der Waals surface area (Å²) in [4.78, 5) is 12.3. The third-order valence-corrected chi connectivity index (χ3v) is 4.05. The molecule has 4 heteroatoms. The molecule has 2 aromatic rings. The van der Waals surface area contributed by atoms with Crippen LogP contribution in [-0.2, 0) is 10.2 Å². The van der Waals surface area contributed by atoms with E-state index in [0.29, 0.717) is 6.54 Å². The summed E-state index contributed by atoms with van der Waals surface area (Å²) in [6.45, 7) is 6.41. The molecule has 23 heavy (non-hydrogen) atoms. The zero-order valence-corrected chi connectivity index (χ0v) is 13.8. The summed E-state index contributed by atoms with van der Waals surface area (Å²) in [5, 5.41) is 2.89. The Morgan fingerprint density at radius 2 is 1.70 bits per heavy atom. The predicted molar refractivity (Wildman–Crippen MR) is 90.5 cm³/mol. The summed E-state index contributed by atoms with van der Waals surface area (Å²) in [5.41, 5.74) is 8.58. The molecule has 122 valence electrons. The van der Waals surface area contributed by atoms with Crippen LogP contribution >= 0.6 is 0 Å². The fourth-order valence-electron chi connectivity index (χ4n) is 2.35. The quantitative estimate of drug-likeness (QED) is 0.890. The molecule has 0 saturated heterocycles. The van der Waals surface area contributed by atoms with E-state index in [-0.39, 0.29) is 17.1 Å². The van der Waals surface area contributed by atoms with Gasteiger partial charge in [0, 0.05) is 12.0 Å². The van der Waals surface area contributed by atoms with Gasteiger partial charge in [-0.1, -0.05) is 55.8 Å². The van der Waals surface area contributed by atoms with Crippen molar-refractivity contribution in [2.24, 2.45) is 5.73 Å². The number of hydrogen-bond acceptors (Lipinski definition) is 2. The van der Waals surface area contributed by atoms with Gasteiger partial charge in [-0.3, -0.25) is 4.79 Å². The van der Waals surface area contributed by atoms with Crippen LogP contribution in [0.15, 0.2) is 48.5 Å². The number of carbonyl (C=O) groups is 1. The topological polar surface area (TPSA) is 55.1 Å².